The smallest absolute Gasteiger partial charge is 0.132 e. The first-order valence-electron chi connectivity index (χ1n) is 4.11. The molecule has 1 aromatic carbocycles. The summed E-state index contributed by atoms with van der Waals surface area (Å²) >= 11 is 5.07. The van der Waals surface area contributed by atoms with Crippen molar-refractivity contribution in [2.24, 2.45) is 0 Å². The first-order valence-corrected chi connectivity index (χ1v) is 6.46. The minimum atomic E-state index is 0.765. The zero-order chi connectivity index (χ0) is 10.6. The molecule has 0 fully saturated rings. The van der Waals surface area contributed by atoms with Crippen LogP contribution in [0.1, 0.15) is 5.56 Å². The van der Waals surface area contributed by atoms with E-state index in [1.807, 2.05) is 18.4 Å². The van der Waals surface area contributed by atoms with E-state index >= 15 is 0 Å². The largest absolute Gasteiger partial charge is 0.496 e. The quantitative estimate of drug-likeness (QED) is 0.621. The first-order chi connectivity index (χ1) is 6.76. The number of rotatable bonds is 4. The van der Waals surface area contributed by atoms with Crippen LogP contribution in [0.2, 0.25) is 0 Å². The van der Waals surface area contributed by atoms with Crippen LogP contribution in [-0.4, -0.2) is 20.5 Å². The fraction of sp³-hybridized carbons (Fsp3) is 0.400. The van der Waals surface area contributed by atoms with Crippen molar-refractivity contribution in [2.45, 2.75) is 10.2 Å². The summed E-state index contributed by atoms with van der Waals surface area (Å²) in [5, 5.41) is 0.765. The van der Waals surface area contributed by atoms with Gasteiger partial charge in [-0.1, -0.05) is 15.9 Å². The third-order valence-electron chi connectivity index (χ3n) is 1.93. The molecule has 14 heavy (non-hydrogen) atoms. The Balaban J connectivity index is 3.20. The van der Waals surface area contributed by atoms with Crippen LogP contribution in [0.15, 0.2) is 17.0 Å². The molecule has 0 aliphatic carbocycles. The predicted molar refractivity (Wildman–Crippen MR) is 64.0 cm³/mol. The lowest BCUT2D eigenvalue weighted by Crippen LogP contribution is -1.93. The summed E-state index contributed by atoms with van der Waals surface area (Å²) in [6.45, 7) is 0. The summed E-state index contributed by atoms with van der Waals surface area (Å²) in [6, 6.07) is 4.00. The minimum absolute atomic E-state index is 0.765. The normalized spacial score (nSPS) is 10.0. The highest BCUT2D eigenvalue weighted by molar-refractivity contribution is 9.08. The van der Waals surface area contributed by atoms with Crippen LogP contribution in [0.3, 0.4) is 0 Å². The molecule has 0 aromatic heterocycles. The van der Waals surface area contributed by atoms with E-state index < -0.39 is 0 Å². The molecule has 0 N–H and O–H groups in total. The molecule has 0 aliphatic rings. The average molecular weight is 277 g/mol. The van der Waals surface area contributed by atoms with Gasteiger partial charge in [-0.2, -0.15) is 0 Å². The van der Waals surface area contributed by atoms with E-state index in [0.29, 0.717) is 0 Å². The molecule has 0 bridgehead atoms. The fourth-order valence-electron chi connectivity index (χ4n) is 1.20. The van der Waals surface area contributed by atoms with Crippen LogP contribution in [-0.2, 0) is 5.33 Å². The van der Waals surface area contributed by atoms with Crippen molar-refractivity contribution in [1.82, 2.24) is 0 Å². The second-order valence-electron chi connectivity index (χ2n) is 2.65. The Morgan fingerprint density at radius 2 is 1.86 bits per heavy atom. The van der Waals surface area contributed by atoms with E-state index in [2.05, 4.69) is 15.9 Å². The van der Waals surface area contributed by atoms with E-state index in [1.165, 1.54) is 0 Å². The van der Waals surface area contributed by atoms with Gasteiger partial charge in [-0.25, -0.2) is 0 Å². The highest BCUT2D eigenvalue weighted by atomic mass is 79.9. The van der Waals surface area contributed by atoms with Gasteiger partial charge in [0.25, 0.3) is 0 Å². The van der Waals surface area contributed by atoms with Gasteiger partial charge < -0.3 is 9.47 Å². The number of thioether (sulfide) groups is 1. The van der Waals surface area contributed by atoms with Gasteiger partial charge in [-0.15, -0.1) is 11.8 Å². The second kappa shape index (κ2) is 5.51. The van der Waals surface area contributed by atoms with Crippen molar-refractivity contribution in [3.05, 3.63) is 17.7 Å². The maximum absolute atomic E-state index is 5.28. The van der Waals surface area contributed by atoms with Gasteiger partial charge in [0.2, 0.25) is 0 Å². The number of ether oxygens (including phenoxy) is 2. The lowest BCUT2D eigenvalue weighted by atomic mass is 10.2. The number of alkyl halides is 1. The third kappa shape index (κ3) is 2.36. The van der Waals surface area contributed by atoms with Crippen LogP contribution < -0.4 is 9.47 Å². The molecule has 0 amide bonds. The molecule has 1 rings (SSSR count). The molecule has 0 unspecified atom stereocenters. The van der Waals surface area contributed by atoms with E-state index in [4.69, 9.17) is 9.47 Å². The molecule has 0 heterocycles. The molecular weight excluding hydrogens is 264 g/mol. The molecule has 1 aromatic rings. The zero-order valence-electron chi connectivity index (χ0n) is 8.46. The van der Waals surface area contributed by atoms with Crippen molar-refractivity contribution in [1.29, 1.82) is 0 Å². The van der Waals surface area contributed by atoms with E-state index in [1.54, 1.807) is 26.0 Å². The van der Waals surface area contributed by atoms with Gasteiger partial charge in [-0.05, 0) is 18.4 Å². The molecule has 78 valence electrons. The fourth-order valence-corrected chi connectivity index (χ4v) is 2.20. The first kappa shape index (κ1) is 11.7. The number of methoxy groups -OCH3 is 2. The summed E-state index contributed by atoms with van der Waals surface area (Å²) in [6.07, 6.45) is 2.02. The van der Waals surface area contributed by atoms with Crippen LogP contribution in [0.5, 0.6) is 11.5 Å². The number of halogens is 1. The standard InChI is InChI=1S/C10H13BrO2S/c1-12-8-5-10(14-3)9(13-2)4-7(8)6-11/h4-5H,6H2,1-3H3. The maximum Gasteiger partial charge on any atom is 0.132 e. The summed E-state index contributed by atoms with van der Waals surface area (Å²) in [4.78, 5) is 1.09. The molecule has 2 nitrogen and oxygen atoms in total. The van der Waals surface area contributed by atoms with E-state index in [-0.39, 0.29) is 0 Å². The lowest BCUT2D eigenvalue weighted by molar-refractivity contribution is 0.392. The van der Waals surface area contributed by atoms with E-state index in [0.717, 1.165) is 27.3 Å². The number of hydrogen-bond donors (Lipinski definition) is 0. The Morgan fingerprint density at radius 3 is 2.29 bits per heavy atom. The Bertz CT molecular complexity index is 257. The monoisotopic (exact) mass is 276 g/mol. The van der Waals surface area contributed by atoms with Crippen molar-refractivity contribution in [3.63, 3.8) is 0 Å². The Morgan fingerprint density at radius 1 is 1.21 bits per heavy atom. The van der Waals surface area contributed by atoms with Gasteiger partial charge in [-0.3, -0.25) is 0 Å². The maximum atomic E-state index is 5.28. The van der Waals surface area contributed by atoms with Gasteiger partial charge >= 0.3 is 0 Å². The van der Waals surface area contributed by atoms with Crippen molar-refractivity contribution in [2.75, 3.05) is 20.5 Å². The van der Waals surface area contributed by atoms with Crippen LogP contribution in [0.4, 0.5) is 0 Å². The molecular formula is C10H13BrO2S. The summed E-state index contributed by atoms with van der Waals surface area (Å²) < 4.78 is 10.6. The predicted octanol–water partition coefficient (Wildman–Crippen LogP) is 3.32. The summed E-state index contributed by atoms with van der Waals surface area (Å²) in [5.74, 6) is 1.79. The second-order valence-corrected chi connectivity index (χ2v) is 4.06. The molecule has 0 atom stereocenters. The Kier molecular flexibility index (Phi) is 4.62. The van der Waals surface area contributed by atoms with Crippen molar-refractivity contribution < 1.29 is 9.47 Å². The van der Waals surface area contributed by atoms with Gasteiger partial charge in [0.15, 0.2) is 0 Å². The zero-order valence-corrected chi connectivity index (χ0v) is 10.9. The van der Waals surface area contributed by atoms with Crippen molar-refractivity contribution >= 4 is 27.7 Å². The van der Waals surface area contributed by atoms with Crippen LogP contribution in [0, 0.1) is 0 Å². The minimum Gasteiger partial charge on any atom is -0.496 e. The molecule has 0 radical (unpaired) electrons. The summed E-state index contributed by atoms with van der Waals surface area (Å²) in [5.41, 5.74) is 1.10. The van der Waals surface area contributed by atoms with E-state index in [9.17, 15) is 0 Å². The van der Waals surface area contributed by atoms with Gasteiger partial charge in [0.1, 0.15) is 11.5 Å². The van der Waals surface area contributed by atoms with Gasteiger partial charge in [0.05, 0.1) is 19.1 Å². The average Bonchev–Trinajstić information content (AvgIpc) is 2.26. The highest BCUT2D eigenvalue weighted by Gasteiger charge is 2.09. The molecule has 0 aliphatic heterocycles. The topological polar surface area (TPSA) is 18.5 Å². The summed E-state index contributed by atoms with van der Waals surface area (Å²) in [7, 11) is 3.36. The van der Waals surface area contributed by atoms with Crippen LogP contribution >= 0.6 is 27.7 Å². The Hall–Kier alpha value is -0.350. The van der Waals surface area contributed by atoms with Crippen LogP contribution in [0.25, 0.3) is 0 Å². The number of benzene rings is 1. The molecule has 0 saturated heterocycles. The highest BCUT2D eigenvalue weighted by Crippen LogP contribution is 2.35. The van der Waals surface area contributed by atoms with Crippen molar-refractivity contribution in [3.8, 4) is 11.5 Å². The third-order valence-corrected chi connectivity index (χ3v) is 3.29. The molecule has 0 saturated carbocycles. The SMILES string of the molecule is COc1cc(SC)c(OC)cc1CBr. The number of hydrogen-bond acceptors (Lipinski definition) is 3. The molecule has 4 heteroatoms. The lowest BCUT2D eigenvalue weighted by Gasteiger charge is -2.12. The molecule has 0 spiro atoms. The Labute approximate surface area is 97.1 Å². The van der Waals surface area contributed by atoms with Gasteiger partial charge in [0, 0.05) is 10.9 Å².